The fourth-order valence-corrected chi connectivity index (χ4v) is 0. The molecule has 0 saturated heterocycles. The fraction of sp³-hybridized carbons (Fsp3) is 0. The first-order valence-electron chi connectivity index (χ1n) is 0. The van der Waals surface area contributed by atoms with Crippen LogP contribution in [0.2, 0.25) is 0 Å². The van der Waals surface area contributed by atoms with Crippen molar-refractivity contribution in [3.63, 3.8) is 0 Å². The molecule has 0 saturated carbocycles. The quantitative estimate of drug-likeness (QED) is 0.313. The zero-order valence-electron chi connectivity index (χ0n) is 9.41. The summed E-state index contributed by atoms with van der Waals surface area (Å²) in [5.74, 6) is 0. The number of hydrogen-bond acceptors (Lipinski definition) is 0. The van der Waals surface area contributed by atoms with E-state index >= 15 is 0 Å². The van der Waals surface area contributed by atoms with Gasteiger partial charge in [0.1, 0.15) is 0 Å². The molecular formula is H6Ca2K2. The predicted molar refractivity (Wildman–Crippen MR) is 18.2 cm³/mol. The van der Waals surface area contributed by atoms with Crippen LogP contribution in [0.3, 0.4) is 0 Å². The molecule has 0 radical (unpaired) electrons. The van der Waals surface area contributed by atoms with Gasteiger partial charge in [0.15, 0.2) is 0 Å². The second-order valence-corrected chi connectivity index (χ2v) is 0. The third-order valence-electron chi connectivity index (χ3n) is 0. The van der Waals surface area contributed by atoms with Gasteiger partial charge in [0.05, 0.1) is 0 Å². The van der Waals surface area contributed by atoms with Crippen LogP contribution in [0.5, 0.6) is 0 Å². The fourth-order valence-electron chi connectivity index (χ4n) is 0. The van der Waals surface area contributed by atoms with Crippen molar-refractivity contribution in [3.05, 3.63) is 0 Å². The van der Waals surface area contributed by atoms with Crippen molar-refractivity contribution in [1.29, 1.82) is 0 Å². The maximum atomic E-state index is 0. The van der Waals surface area contributed by atoms with Crippen LogP contribution < -0.4 is 103 Å². The van der Waals surface area contributed by atoms with Gasteiger partial charge in [-0.1, -0.05) is 0 Å². The van der Waals surface area contributed by atoms with Gasteiger partial charge in [0.2, 0.25) is 0 Å². The van der Waals surface area contributed by atoms with Crippen LogP contribution in [0.1, 0.15) is 8.56 Å². The Labute approximate surface area is 180 Å². The van der Waals surface area contributed by atoms with E-state index in [1.54, 1.807) is 0 Å². The minimum Gasteiger partial charge on any atom is -1.00 e. The van der Waals surface area contributed by atoms with Gasteiger partial charge in [-0.3, -0.25) is 0 Å². The minimum atomic E-state index is 0. The molecular weight excluding hydrogens is 158 g/mol. The van der Waals surface area contributed by atoms with Crippen molar-refractivity contribution in [2.75, 3.05) is 0 Å². The Morgan fingerprint density at radius 2 is 0.750 bits per heavy atom. The average Bonchev–Trinajstić information content (AvgIpc) is 0. The van der Waals surface area contributed by atoms with E-state index in [0.717, 1.165) is 0 Å². The SMILES string of the molecule is [Ca+2].[Ca+2].[H-].[H-].[H-].[H-].[H-].[H-].[K+].[K+]. The summed E-state index contributed by atoms with van der Waals surface area (Å²) in [4.78, 5) is 0. The molecule has 0 rings (SSSR count). The third-order valence-corrected chi connectivity index (χ3v) is 0. The number of rotatable bonds is 0. The summed E-state index contributed by atoms with van der Waals surface area (Å²) in [5.41, 5.74) is 0. The average molecular weight is 164 g/mol. The van der Waals surface area contributed by atoms with E-state index in [1.807, 2.05) is 0 Å². The molecule has 0 spiro atoms. The molecule has 0 aromatic carbocycles. The summed E-state index contributed by atoms with van der Waals surface area (Å²) in [6.45, 7) is 0. The summed E-state index contributed by atoms with van der Waals surface area (Å²) in [6.07, 6.45) is 0. The maximum absolute atomic E-state index is 0. The molecule has 0 aliphatic rings. The molecule has 4 heavy (non-hydrogen) atoms. The van der Waals surface area contributed by atoms with Crippen LogP contribution in [0, 0.1) is 0 Å². The molecule has 0 nitrogen and oxygen atoms in total. The Kier molecular flexibility index (Phi) is 89.8. The second-order valence-electron chi connectivity index (χ2n) is 0. The summed E-state index contributed by atoms with van der Waals surface area (Å²) in [5, 5.41) is 0. The van der Waals surface area contributed by atoms with E-state index in [4.69, 9.17) is 0 Å². The summed E-state index contributed by atoms with van der Waals surface area (Å²) < 4.78 is 0. The Morgan fingerprint density at radius 1 is 0.750 bits per heavy atom. The number of hydrogen-bond donors (Lipinski definition) is 0. The van der Waals surface area contributed by atoms with Crippen LogP contribution in [0.15, 0.2) is 0 Å². The van der Waals surface area contributed by atoms with Gasteiger partial charge in [-0.25, -0.2) is 0 Å². The first-order valence-corrected chi connectivity index (χ1v) is 0. The molecule has 0 aliphatic carbocycles. The van der Waals surface area contributed by atoms with Gasteiger partial charge < -0.3 is 8.56 Å². The third kappa shape index (κ3) is 10.7. The largest absolute Gasteiger partial charge is 2.00 e. The Hall–Kier alpha value is 5.79. The van der Waals surface area contributed by atoms with E-state index in [1.165, 1.54) is 0 Å². The topological polar surface area (TPSA) is 0 Å². The normalized spacial score (nSPS) is 0. The van der Waals surface area contributed by atoms with Gasteiger partial charge in [-0.15, -0.1) is 0 Å². The van der Waals surface area contributed by atoms with Crippen LogP contribution in [0.25, 0.3) is 0 Å². The van der Waals surface area contributed by atoms with E-state index < -0.39 is 0 Å². The van der Waals surface area contributed by atoms with Gasteiger partial charge in [-0.05, 0) is 0 Å². The van der Waals surface area contributed by atoms with Crippen molar-refractivity contribution in [2.24, 2.45) is 0 Å². The molecule has 0 aromatic heterocycles. The van der Waals surface area contributed by atoms with E-state index in [-0.39, 0.29) is 187 Å². The van der Waals surface area contributed by atoms with Gasteiger partial charge in [0.25, 0.3) is 0 Å². The van der Waals surface area contributed by atoms with Crippen molar-refractivity contribution >= 4 is 75.5 Å². The van der Waals surface area contributed by atoms with Gasteiger partial charge in [0, 0.05) is 0 Å². The first kappa shape index (κ1) is 22.6. The van der Waals surface area contributed by atoms with Crippen molar-refractivity contribution in [1.82, 2.24) is 0 Å². The summed E-state index contributed by atoms with van der Waals surface area (Å²) in [7, 11) is 0. The molecule has 0 amide bonds. The minimum absolute atomic E-state index is 0. The molecule has 0 aliphatic heterocycles. The molecule has 0 fully saturated rings. The molecule has 0 aromatic rings. The summed E-state index contributed by atoms with van der Waals surface area (Å²) in [6, 6.07) is 0. The second kappa shape index (κ2) is 15.9. The molecule has 0 heterocycles. The molecule has 0 atom stereocenters. The molecule has 4 heteroatoms. The molecule has 12 valence electrons. The Morgan fingerprint density at radius 3 is 0.750 bits per heavy atom. The van der Waals surface area contributed by atoms with Gasteiger partial charge >= 0.3 is 178 Å². The molecule has 0 unspecified atom stereocenters. The Bertz CT molecular complexity index is 13.7. The van der Waals surface area contributed by atoms with Crippen molar-refractivity contribution in [3.8, 4) is 0 Å². The predicted octanol–water partition coefficient (Wildman–Crippen LogP) is -6.08. The Balaban J connectivity index is 0. The van der Waals surface area contributed by atoms with Crippen LogP contribution in [-0.4, -0.2) is 75.5 Å². The maximum Gasteiger partial charge on any atom is 2.00 e. The first-order chi connectivity index (χ1) is 0. The zero-order chi connectivity index (χ0) is 0. The zero-order valence-corrected chi connectivity index (χ0v) is 14.1. The van der Waals surface area contributed by atoms with Crippen LogP contribution in [-0.2, 0) is 0 Å². The standard InChI is InChI=1S/2Ca.2K.6H/q2*+2;2*+1;6*-1. The van der Waals surface area contributed by atoms with E-state index in [0.29, 0.717) is 0 Å². The van der Waals surface area contributed by atoms with Gasteiger partial charge in [-0.2, -0.15) is 0 Å². The smallest absolute Gasteiger partial charge is 1.00 e. The van der Waals surface area contributed by atoms with Crippen molar-refractivity contribution in [2.45, 2.75) is 0 Å². The van der Waals surface area contributed by atoms with Crippen LogP contribution in [0.4, 0.5) is 0 Å². The van der Waals surface area contributed by atoms with E-state index in [9.17, 15) is 0 Å². The van der Waals surface area contributed by atoms with Crippen LogP contribution >= 0.6 is 0 Å². The monoisotopic (exact) mass is 164 g/mol. The molecule has 0 N–H and O–H groups in total. The van der Waals surface area contributed by atoms with Crippen molar-refractivity contribution < 1.29 is 111 Å². The van der Waals surface area contributed by atoms with E-state index in [2.05, 4.69) is 0 Å². The molecule has 0 bridgehead atoms. The summed E-state index contributed by atoms with van der Waals surface area (Å²) >= 11 is 0.